The van der Waals surface area contributed by atoms with Crippen LogP contribution in [0.25, 0.3) is 0 Å². The highest BCUT2D eigenvalue weighted by molar-refractivity contribution is 5.96. The fraction of sp³-hybridized carbons (Fsp3) is 0.467. The molecule has 1 aromatic rings. The quantitative estimate of drug-likeness (QED) is 0.892. The van der Waals surface area contributed by atoms with E-state index in [1.54, 1.807) is 0 Å². The Bertz CT molecular complexity index is 527. The minimum absolute atomic E-state index is 0.0627. The molecule has 1 aliphatic rings. The molecule has 0 amide bonds. The highest BCUT2D eigenvalue weighted by Gasteiger charge is 2.35. The van der Waals surface area contributed by atoms with Gasteiger partial charge in [-0.1, -0.05) is 6.07 Å². The molecule has 0 radical (unpaired) electrons. The van der Waals surface area contributed by atoms with Crippen molar-refractivity contribution in [2.75, 3.05) is 0 Å². The molecule has 0 aromatic heterocycles. The van der Waals surface area contributed by atoms with E-state index in [0.29, 0.717) is 0 Å². The topological polar surface area (TPSA) is 74.6 Å². The Morgan fingerprint density at radius 2 is 1.57 bits per heavy atom. The summed E-state index contributed by atoms with van der Waals surface area (Å²) < 4.78 is 26.3. The number of hydrogen-bond donors (Lipinski definition) is 2. The van der Waals surface area contributed by atoms with E-state index in [1.807, 2.05) is 0 Å². The molecule has 0 unspecified atom stereocenters. The Labute approximate surface area is 120 Å². The molecule has 6 heteroatoms. The van der Waals surface area contributed by atoms with E-state index in [1.165, 1.54) is 18.2 Å². The molecule has 1 saturated carbocycles. The normalized spacial score (nSPS) is 18.4. The van der Waals surface area contributed by atoms with Crippen LogP contribution in [0.2, 0.25) is 0 Å². The van der Waals surface area contributed by atoms with Crippen LogP contribution in [0.4, 0.5) is 8.78 Å². The Morgan fingerprint density at radius 3 is 2.00 bits per heavy atom. The van der Waals surface area contributed by atoms with E-state index in [0.717, 1.165) is 0 Å². The van der Waals surface area contributed by atoms with E-state index >= 15 is 0 Å². The van der Waals surface area contributed by atoms with Crippen molar-refractivity contribution in [2.24, 2.45) is 5.92 Å². The Kier molecular flexibility index (Phi) is 4.25. The van der Waals surface area contributed by atoms with Crippen LogP contribution in [0.15, 0.2) is 18.2 Å². The number of hydrogen-bond acceptors (Lipinski definition) is 2. The summed E-state index contributed by atoms with van der Waals surface area (Å²) in [4.78, 5) is 22.5. The lowest BCUT2D eigenvalue weighted by Gasteiger charge is -2.28. The molecule has 1 aliphatic carbocycles. The molecule has 0 aliphatic heterocycles. The zero-order chi connectivity index (χ0) is 15.6. The van der Waals surface area contributed by atoms with Gasteiger partial charge in [0.25, 0.3) is 0 Å². The maximum Gasteiger partial charge on any atom is 0.335 e. The number of aromatic carboxylic acids is 2. The first-order valence-corrected chi connectivity index (χ1v) is 6.76. The molecule has 0 saturated heterocycles. The molecular weight excluding hydrogens is 282 g/mol. The Hall–Kier alpha value is -1.98. The van der Waals surface area contributed by atoms with Crippen LogP contribution >= 0.6 is 0 Å². The number of benzene rings is 1. The number of halogens is 2. The molecule has 2 rings (SSSR count). The number of carbonyl (C=O) groups is 2. The van der Waals surface area contributed by atoms with Gasteiger partial charge >= 0.3 is 11.9 Å². The third-order valence-corrected chi connectivity index (χ3v) is 3.97. The highest BCUT2D eigenvalue weighted by atomic mass is 19.3. The summed E-state index contributed by atoms with van der Waals surface area (Å²) in [5.74, 6) is -5.16. The fourth-order valence-electron chi connectivity index (χ4n) is 2.80. The first kappa shape index (κ1) is 15.4. The Morgan fingerprint density at radius 1 is 1.10 bits per heavy atom. The minimum atomic E-state index is -2.65. The van der Waals surface area contributed by atoms with E-state index in [-0.39, 0.29) is 54.7 Å². The van der Waals surface area contributed by atoms with Crippen LogP contribution in [-0.2, 0) is 6.42 Å². The summed E-state index contributed by atoms with van der Waals surface area (Å²) >= 11 is 0. The van der Waals surface area contributed by atoms with Crippen molar-refractivity contribution in [3.63, 3.8) is 0 Å². The molecule has 114 valence electrons. The van der Waals surface area contributed by atoms with Crippen LogP contribution < -0.4 is 0 Å². The maximum atomic E-state index is 13.1. The highest BCUT2D eigenvalue weighted by Crippen LogP contribution is 2.38. The van der Waals surface area contributed by atoms with Crippen LogP contribution in [0, 0.1) is 5.92 Å². The first-order valence-electron chi connectivity index (χ1n) is 6.76. The van der Waals surface area contributed by atoms with Crippen LogP contribution in [0.1, 0.15) is 52.0 Å². The van der Waals surface area contributed by atoms with Gasteiger partial charge in [-0.05, 0) is 42.9 Å². The van der Waals surface area contributed by atoms with Crippen LogP contribution in [-0.4, -0.2) is 28.1 Å². The summed E-state index contributed by atoms with van der Waals surface area (Å²) in [5.41, 5.74) is 0.104. The summed E-state index contributed by atoms with van der Waals surface area (Å²) in [6, 6.07) is 4.08. The zero-order valence-corrected chi connectivity index (χ0v) is 11.3. The summed E-state index contributed by atoms with van der Waals surface area (Å²) in [6.45, 7) is 0. The second kappa shape index (κ2) is 5.79. The van der Waals surface area contributed by atoms with Gasteiger partial charge in [-0.25, -0.2) is 18.4 Å². The monoisotopic (exact) mass is 298 g/mol. The van der Waals surface area contributed by atoms with Crippen molar-refractivity contribution in [3.05, 3.63) is 34.9 Å². The molecule has 21 heavy (non-hydrogen) atoms. The zero-order valence-electron chi connectivity index (χ0n) is 11.3. The van der Waals surface area contributed by atoms with E-state index in [2.05, 4.69) is 0 Å². The molecule has 0 atom stereocenters. The van der Waals surface area contributed by atoms with Gasteiger partial charge in [-0.15, -0.1) is 0 Å². The lowest BCUT2D eigenvalue weighted by molar-refractivity contribution is -0.0457. The molecule has 4 nitrogen and oxygen atoms in total. The first-order chi connectivity index (χ1) is 9.80. The maximum absolute atomic E-state index is 13.1. The second-order valence-corrected chi connectivity index (χ2v) is 5.45. The SMILES string of the molecule is O=C(O)c1cccc(C(=O)O)c1CC1CCC(F)(F)CC1. The van der Waals surface area contributed by atoms with Gasteiger partial charge in [-0.2, -0.15) is 0 Å². The van der Waals surface area contributed by atoms with Gasteiger partial charge in [0, 0.05) is 12.8 Å². The van der Waals surface area contributed by atoms with Crippen molar-refractivity contribution < 1.29 is 28.6 Å². The Balaban J connectivity index is 2.26. The van der Waals surface area contributed by atoms with E-state index in [4.69, 9.17) is 0 Å². The molecule has 2 N–H and O–H groups in total. The molecule has 0 bridgehead atoms. The number of carboxylic acid groups (broad SMARTS) is 2. The van der Waals surface area contributed by atoms with E-state index in [9.17, 15) is 28.6 Å². The molecule has 0 spiro atoms. The van der Waals surface area contributed by atoms with Crippen LogP contribution in [0.3, 0.4) is 0 Å². The van der Waals surface area contributed by atoms with Crippen molar-refractivity contribution in [1.29, 1.82) is 0 Å². The fourth-order valence-corrected chi connectivity index (χ4v) is 2.80. The summed E-state index contributed by atoms with van der Waals surface area (Å²) in [7, 11) is 0. The number of alkyl halides is 2. The van der Waals surface area contributed by atoms with Crippen molar-refractivity contribution in [1.82, 2.24) is 0 Å². The van der Waals surface area contributed by atoms with Gasteiger partial charge in [0.1, 0.15) is 0 Å². The molecular formula is C15H16F2O4. The van der Waals surface area contributed by atoms with Gasteiger partial charge in [0.05, 0.1) is 11.1 Å². The summed E-state index contributed by atoms with van der Waals surface area (Å²) in [5, 5.41) is 18.3. The third-order valence-electron chi connectivity index (χ3n) is 3.97. The predicted molar refractivity (Wildman–Crippen MR) is 71.0 cm³/mol. The van der Waals surface area contributed by atoms with Gasteiger partial charge in [0.15, 0.2) is 0 Å². The molecule has 1 fully saturated rings. The molecule has 1 aromatic carbocycles. The third kappa shape index (κ3) is 3.56. The predicted octanol–water partition coefficient (Wildman–Crippen LogP) is 3.45. The second-order valence-electron chi connectivity index (χ2n) is 5.45. The summed E-state index contributed by atoms with van der Waals surface area (Å²) in [6.07, 6.45) is 0.310. The van der Waals surface area contributed by atoms with Gasteiger partial charge in [0.2, 0.25) is 5.92 Å². The minimum Gasteiger partial charge on any atom is -0.478 e. The number of carboxylic acids is 2. The molecule has 0 heterocycles. The largest absolute Gasteiger partial charge is 0.478 e. The standard InChI is InChI=1S/C15H16F2O4/c16-15(17)6-4-9(5-7-15)8-12-10(13(18)19)2-1-3-11(12)14(20)21/h1-3,9H,4-8H2,(H,18,19)(H,20,21). The smallest absolute Gasteiger partial charge is 0.335 e. The number of rotatable bonds is 4. The average Bonchev–Trinajstić information content (AvgIpc) is 2.40. The van der Waals surface area contributed by atoms with Crippen molar-refractivity contribution >= 4 is 11.9 Å². The average molecular weight is 298 g/mol. The van der Waals surface area contributed by atoms with Crippen molar-refractivity contribution in [3.8, 4) is 0 Å². The lowest BCUT2D eigenvalue weighted by Crippen LogP contribution is -2.26. The van der Waals surface area contributed by atoms with Gasteiger partial charge in [-0.3, -0.25) is 0 Å². The van der Waals surface area contributed by atoms with Crippen LogP contribution in [0.5, 0.6) is 0 Å². The van der Waals surface area contributed by atoms with E-state index < -0.39 is 17.9 Å². The van der Waals surface area contributed by atoms with Gasteiger partial charge < -0.3 is 10.2 Å². The lowest BCUT2D eigenvalue weighted by atomic mass is 9.81. The van der Waals surface area contributed by atoms with Crippen molar-refractivity contribution in [2.45, 2.75) is 38.0 Å².